The van der Waals surface area contributed by atoms with E-state index < -0.39 is 11.5 Å². The fraction of sp³-hybridized carbons (Fsp3) is 0.400. The topological polar surface area (TPSA) is 107 Å². The number of anilines is 2. The molecule has 1 aromatic heterocycles. The molecule has 0 atom stereocenters. The summed E-state index contributed by atoms with van der Waals surface area (Å²) in [6, 6.07) is 8.53. The Hall–Kier alpha value is -2.65. The zero-order chi connectivity index (χ0) is 21.2. The predicted molar refractivity (Wildman–Crippen MR) is 117 cm³/mol. The van der Waals surface area contributed by atoms with Gasteiger partial charge in [-0.1, -0.05) is 50.7 Å². The molecule has 156 valence electrons. The maximum absolute atomic E-state index is 12.6. The van der Waals surface area contributed by atoms with E-state index in [4.69, 9.17) is 0 Å². The Morgan fingerprint density at radius 1 is 1.10 bits per heavy atom. The van der Waals surface area contributed by atoms with E-state index in [1.807, 2.05) is 0 Å². The Morgan fingerprint density at radius 2 is 1.79 bits per heavy atom. The van der Waals surface area contributed by atoms with Crippen LogP contribution in [-0.4, -0.2) is 52.1 Å². The third kappa shape index (κ3) is 6.72. The average Bonchev–Trinajstić information content (AvgIpc) is 2.74. The molecule has 0 radical (unpaired) electrons. The van der Waals surface area contributed by atoms with E-state index >= 15 is 0 Å². The van der Waals surface area contributed by atoms with Gasteiger partial charge in [0.15, 0.2) is 16.7 Å². The molecule has 9 heteroatoms. The van der Waals surface area contributed by atoms with Gasteiger partial charge in [-0.15, -0.1) is 0 Å². The summed E-state index contributed by atoms with van der Waals surface area (Å²) in [6.45, 7) is 8.63. The number of aromatic amines is 1. The molecule has 2 aromatic rings. The number of aromatic nitrogens is 2. The molecule has 8 nitrogen and oxygen atoms in total. The van der Waals surface area contributed by atoms with Gasteiger partial charge in [-0.2, -0.15) is 0 Å². The number of H-pyrrole nitrogens is 1. The first-order valence-corrected chi connectivity index (χ1v) is 10.6. The molecule has 0 aliphatic rings. The maximum Gasteiger partial charge on any atom is 0.277 e. The van der Waals surface area contributed by atoms with Crippen LogP contribution in [0.3, 0.4) is 0 Å². The monoisotopic (exact) mass is 417 g/mol. The molecule has 1 aromatic carbocycles. The third-order valence-electron chi connectivity index (χ3n) is 4.29. The molecular weight excluding hydrogens is 390 g/mol. The van der Waals surface area contributed by atoms with Crippen molar-refractivity contribution in [3.63, 3.8) is 0 Å². The van der Waals surface area contributed by atoms with Crippen LogP contribution in [-0.2, 0) is 4.79 Å². The van der Waals surface area contributed by atoms with Crippen molar-refractivity contribution in [3.8, 4) is 0 Å². The van der Waals surface area contributed by atoms with Crippen LogP contribution < -0.4 is 16.2 Å². The Balaban J connectivity index is 2.24. The molecule has 0 spiro atoms. The standard InChI is InChI=1S/C20H27N5O3S/c1-4-15(26)21-17-16(22-18(27)14-10-8-7-9-11-14)19(28)24-20(23-17)29-13-12-25(5-2)6-3/h7-11H,4-6,12-13H2,1-3H3,(H,22,27)(H2,21,23,24,26,28). The van der Waals surface area contributed by atoms with E-state index in [1.165, 1.54) is 11.8 Å². The van der Waals surface area contributed by atoms with Gasteiger partial charge in [-0.3, -0.25) is 19.4 Å². The lowest BCUT2D eigenvalue weighted by Crippen LogP contribution is -2.26. The lowest BCUT2D eigenvalue weighted by Gasteiger charge is -2.17. The van der Waals surface area contributed by atoms with Crippen LogP contribution in [0, 0.1) is 0 Å². The number of nitrogens with one attached hydrogen (secondary N) is 3. The average molecular weight is 418 g/mol. The smallest absolute Gasteiger partial charge is 0.277 e. The van der Waals surface area contributed by atoms with Crippen molar-refractivity contribution in [1.29, 1.82) is 0 Å². The third-order valence-corrected chi connectivity index (χ3v) is 5.15. The van der Waals surface area contributed by atoms with Gasteiger partial charge in [0, 0.05) is 24.3 Å². The predicted octanol–water partition coefficient (Wildman–Crippen LogP) is 2.80. The summed E-state index contributed by atoms with van der Waals surface area (Å²) in [5.74, 6) is 0.0427. The maximum atomic E-state index is 12.6. The molecule has 0 unspecified atom stereocenters. The molecule has 0 aliphatic carbocycles. The fourth-order valence-electron chi connectivity index (χ4n) is 2.53. The number of thioether (sulfide) groups is 1. The van der Waals surface area contributed by atoms with E-state index in [9.17, 15) is 14.4 Å². The Labute approximate surface area is 174 Å². The molecule has 29 heavy (non-hydrogen) atoms. The SMILES string of the molecule is CCC(=O)Nc1nc(SCCN(CC)CC)[nH]c(=O)c1NC(=O)c1ccccc1. The zero-order valence-electron chi connectivity index (χ0n) is 16.9. The molecule has 2 rings (SSSR count). The summed E-state index contributed by atoms with van der Waals surface area (Å²) >= 11 is 1.39. The second-order valence-electron chi connectivity index (χ2n) is 6.19. The van der Waals surface area contributed by atoms with Crippen molar-refractivity contribution in [2.75, 3.05) is 36.0 Å². The first-order chi connectivity index (χ1) is 14.0. The Morgan fingerprint density at radius 3 is 2.41 bits per heavy atom. The molecule has 2 amide bonds. The van der Waals surface area contributed by atoms with Crippen LogP contribution in [0.4, 0.5) is 11.5 Å². The first kappa shape index (κ1) is 22.6. The van der Waals surface area contributed by atoms with Gasteiger partial charge in [0.2, 0.25) is 5.91 Å². The van der Waals surface area contributed by atoms with E-state index in [-0.39, 0.29) is 23.8 Å². The van der Waals surface area contributed by atoms with Gasteiger partial charge < -0.3 is 15.5 Å². The summed E-state index contributed by atoms with van der Waals surface area (Å²) in [5, 5.41) is 5.57. The van der Waals surface area contributed by atoms with Crippen LogP contribution >= 0.6 is 11.8 Å². The van der Waals surface area contributed by atoms with Crippen molar-refractivity contribution < 1.29 is 9.59 Å². The van der Waals surface area contributed by atoms with Crippen molar-refractivity contribution in [2.45, 2.75) is 32.3 Å². The number of hydrogen-bond acceptors (Lipinski definition) is 6. The van der Waals surface area contributed by atoms with E-state index in [0.29, 0.717) is 10.7 Å². The van der Waals surface area contributed by atoms with E-state index in [2.05, 4.69) is 39.3 Å². The van der Waals surface area contributed by atoms with Crippen LogP contribution in [0.15, 0.2) is 40.3 Å². The van der Waals surface area contributed by atoms with Crippen LogP contribution in [0.5, 0.6) is 0 Å². The number of rotatable bonds is 10. The lowest BCUT2D eigenvalue weighted by molar-refractivity contribution is -0.115. The molecule has 0 fully saturated rings. The summed E-state index contributed by atoms with van der Waals surface area (Å²) in [4.78, 5) is 46.3. The number of nitrogens with zero attached hydrogens (tertiary/aromatic N) is 2. The van der Waals surface area contributed by atoms with Gasteiger partial charge in [0.1, 0.15) is 0 Å². The van der Waals surface area contributed by atoms with Gasteiger partial charge in [-0.05, 0) is 25.2 Å². The fourth-order valence-corrected chi connectivity index (χ4v) is 3.40. The minimum absolute atomic E-state index is 0.0511. The molecular formula is C20H27N5O3S. The Kier molecular flexibility index (Phi) is 8.88. The highest BCUT2D eigenvalue weighted by Crippen LogP contribution is 2.20. The number of carbonyl (C=O) groups excluding carboxylic acids is 2. The van der Waals surface area contributed by atoms with Crippen LogP contribution in [0.2, 0.25) is 0 Å². The number of hydrogen-bond donors (Lipinski definition) is 3. The number of amides is 2. The largest absolute Gasteiger partial charge is 0.314 e. The van der Waals surface area contributed by atoms with Gasteiger partial charge >= 0.3 is 0 Å². The quantitative estimate of drug-likeness (QED) is 0.405. The highest BCUT2D eigenvalue weighted by atomic mass is 32.2. The van der Waals surface area contributed by atoms with Crippen molar-refractivity contribution >= 4 is 35.1 Å². The number of benzene rings is 1. The Bertz CT molecular complexity index is 881. The second-order valence-corrected chi connectivity index (χ2v) is 7.28. The zero-order valence-corrected chi connectivity index (χ0v) is 17.8. The summed E-state index contributed by atoms with van der Waals surface area (Å²) in [5.41, 5.74) is -0.188. The molecule has 3 N–H and O–H groups in total. The van der Waals surface area contributed by atoms with Gasteiger partial charge in [0.05, 0.1) is 0 Å². The summed E-state index contributed by atoms with van der Waals surface area (Å²) in [7, 11) is 0. The molecule has 0 aliphatic heterocycles. The van der Waals surface area contributed by atoms with Crippen molar-refractivity contribution in [3.05, 3.63) is 46.2 Å². The molecule has 0 saturated heterocycles. The van der Waals surface area contributed by atoms with Crippen molar-refractivity contribution in [2.24, 2.45) is 0 Å². The molecule has 0 bridgehead atoms. The highest BCUT2D eigenvalue weighted by Gasteiger charge is 2.17. The van der Waals surface area contributed by atoms with Crippen LogP contribution in [0.25, 0.3) is 0 Å². The van der Waals surface area contributed by atoms with Crippen molar-refractivity contribution in [1.82, 2.24) is 14.9 Å². The van der Waals surface area contributed by atoms with Gasteiger partial charge in [-0.25, -0.2) is 4.98 Å². The lowest BCUT2D eigenvalue weighted by atomic mass is 10.2. The van der Waals surface area contributed by atoms with E-state index in [0.717, 1.165) is 25.4 Å². The number of carbonyl (C=O) groups is 2. The minimum atomic E-state index is -0.513. The van der Waals surface area contributed by atoms with E-state index in [1.54, 1.807) is 37.3 Å². The van der Waals surface area contributed by atoms with Crippen LogP contribution in [0.1, 0.15) is 37.6 Å². The first-order valence-electron chi connectivity index (χ1n) is 9.64. The summed E-state index contributed by atoms with van der Waals surface area (Å²) in [6.07, 6.45) is 0.227. The second kappa shape index (κ2) is 11.4. The minimum Gasteiger partial charge on any atom is -0.314 e. The molecule has 0 saturated carbocycles. The van der Waals surface area contributed by atoms with Gasteiger partial charge in [0.25, 0.3) is 11.5 Å². The highest BCUT2D eigenvalue weighted by molar-refractivity contribution is 7.99. The summed E-state index contributed by atoms with van der Waals surface area (Å²) < 4.78 is 0. The molecule has 1 heterocycles. The normalized spacial score (nSPS) is 10.8.